The number of aliphatic hydroxyl groups is 1. The molecular weight excluding hydrogens is 306 g/mol. The van der Waals surface area contributed by atoms with Crippen LogP contribution < -0.4 is 15.0 Å². The molecular formula is C18H29N3O3. The van der Waals surface area contributed by atoms with Crippen LogP contribution in [0.25, 0.3) is 0 Å². The van der Waals surface area contributed by atoms with Crippen molar-refractivity contribution in [3.63, 3.8) is 0 Å². The van der Waals surface area contributed by atoms with Gasteiger partial charge in [-0.05, 0) is 32.2 Å². The molecule has 0 radical (unpaired) electrons. The van der Waals surface area contributed by atoms with E-state index in [9.17, 15) is 9.90 Å². The molecule has 134 valence electrons. The van der Waals surface area contributed by atoms with Crippen LogP contribution in [0.5, 0.6) is 5.75 Å². The van der Waals surface area contributed by atoms with Crippen molar-refractivity contribution in [1.82, 2.24) is 10.2 Å². The number of ether oxygens (including phenoxy) is 1. The van der Waals surface area contributed by atoms with Crippen LogP contribution in [0.3, 0.4) is 0 Å². The van der Waals surface area contributed by atoms with Crippen LogP contribution in [0.4, 0.5) is 5.69 Å². The summed E-state index contributed by atoms with van der Waals surface area (Å²) in [5, 5.41) is 12.7. The Bertz CT molecular complexity index is 577. The van der Waals surface area contributed by atoms with Gasteiger partial charge in [-0.15, -0.1) is 0 Å². The average molecular weight is 335 g/mol. The van der Waals surface area contributed by atoms with Crippen LogP contribution in [0, 0.1) is 5.92 Å². The summed E-state index contributed by atoms with van der Waals surface area (Å²) >= 11 is 0. The minimum absolute atomic E-state index is 0.0413. The SMILES string of the molecule is CNC[C@H]1Oc2ccc(N(C)C)cc2C(=O)N([C@H](C)CO)C[C@@H]1C. The fourth-order valence-corrected chi connectivity index (χ4v) is 2.93. The number of anilines is 1. The van der Waals surface area contributed by atoms with Crippen molar-refractivity contribution in [3.05, 3.63) is 23.8 Å². The highest BCUT2D eigenvalue weighted by atomic mass is 16.5. The van der Waals surface area contributed by atoms with Gasteiger partial charge >= 0.3 is 0 Å². The van der Waals surface area contributed by atoms with E-state index < -0.39 is 0 Å². The maximum atomic E-state index is 13.1. The van der Waals surface area contributed by atoms with E-state index in [0.29, 0.717) is 24.4 Å². The van der Waals surface area contributed by atoms with Crippen molar-refractivity contribution in [2.75, 3.05) is 45.7 Å². The van der Waals surface area contributed by atoms with E-state index in [0.717, 1.165) is 5.69 Å². The maximum Gasteiger partial charge on any atom is 0.258 e. The van der Waals surface area contributed by atoms with Crippen LogP contribution in [-0.4, -0.2) is 68.9 Å². The molecule has 24 heavy (non-hydrogen) atoms. The monoisotopic (exact) mass is 335 g/mol. The first kappa shape index (κ1) is 18.5. The van der Waals surface area contributed by atoms with E-state index in [2.05, 4.69) is 12.2 Å². The number of likely N-dealkylation sites (N-methyl/N-ethyl adjacent to an activating group) is 1. The van der Waals surface area contributed by atoms with Gasteiger partial charge in [0.1, 0.15) is 11.9 Å². The van der Waals surface area contributed by atoms with Crippen molar-refractivity contribution < 1.29 is 14.6 Å². The number of aliphatic hydroxyl groups excluding tert-OH is 1. The summed E-state index contributed by atoms with van der Waals surface area (Å²) in [6.45, 7) is 5.14. The summed E-state index contributed by atoms with van der Waals surface area (Å²) < 4.78 is 6.17. The molecule has 1 aromatic carbocycles. The number of benzene rings is 1. The Labute approximate surface area is 144 Å². The first-order chi connectivity index (χ1) is 11.4. The zero-order valence-electron chi connectivity index (χ0n) is 15.2. The van der Waals surface area contributed by atoms with Gasteiger partial charge in [0.25, 0.3) is 5.91 Å². The predicted molar refractivity (Wildman–Crippen MR) is 95.9 cm³/mol. The minimum Gasteiger partial charge on any atom is -0.488 e. The van der Waals surface area contributed by atoms with Gasteiger partial charge in [0.05, 0.1) is 18.2 Å². The second-order valence-electron chi connectivity index (χ2n) is 6.76. The van der Waals surface area contributed by atoms with Crippen molar-refractivity contribution in [2.24, 2.45) is 5.92 Å². The van der Waals surface area contributed by atoms with E-state index in [1.54, 1.807) is 4.90 Å². The Morgan fingerprint density at radius 3 is 2.75 bits per heavy atom. The molecule has 0 saturated heterocycles. The minimum atomic E-state index is -0.232. The topological polar surface area (TPSA) is 65.0 Å². The number of hydrogen-bond acceptors (Lipinski definition) is 5. The second kappa shape index (κ2) is 7.85. The molecule has 1 aromatic rings. The summed E-state index contributed by atoms with van der Waals surface area (Å²) in [7, 11) is 5.77. The number of fused-ring (bicyclic) bond motifs is 1. The third kappa shape index (κ3) is 3.82. The highest BCUT2D eigenvalue weighted by Crippen LogP contribution is 2.30. The maximum absolute atomic E-state index is 13.1. The number of amides is 1. The molecule has 0 aliphatic carbocycles. The molecule has 0 spiro atoms. The van der Waals surface area contributed by atoms with E-state index in [1.165, 1.54) is 0 Å². The number of carbonyl (C=O) groups is 1. The quantitative estimate of drug-likeness (QED) is 0.846. The first-order valence-electron chi connectivity index (χ1n) is 8.43. The molecule has 0 fully saturated rings. The van der Waals surface area contributed by atoms with Crippen LogP contribution in [-0.2, 0) is 0 Å². The molecule has 0 unspecified atom stereocenters. The van der Waals surface area contributed by atoms with Crippen LogP contribution in [0.2, 0.25) is 0 Å². The normalized spacial score (nSPS) is 22.2. The fourth-order valence-electron chi connectivity index (χ4n) is 2.93. The molecule has 6 nitrogen and oxygen atoms in total. The zero-order valence-corrected chi connectivity index (χ0v) is 15.2. The van der Waals surface area contributed by atoms with Crippen molar-refractivity contribution in [2.45, 2.75) is 26.0 Å². The first-order valence-corrected chi connectivity index (χ1v) is 8.43. The molecule has 3 atom stereocenters. The van der Waals surface area contributed by atoms with E-state index in [-0.39, 0.29) is 30.6 Å². The van der Waals surface area contributed by atoms with Gasteiger partial charge in [0.2, 0.25) is 0 Å². The third-order valence-corrected chi connectivity index (χ3v) is 4.57. The van der Waals surface area contributed by atoms with Crippen molar-refractivity contribution >= 4 is 11.6 Å². The Morgan fingerprint density at radius 1 is 1.46 bits per heavy atom. The lowest BCUT2D eigenvalue weighted by atomic mass is 9.99. The van der Waals surface area contributed by atoms with Gasteiger partial charge in [-0.25, -0.2) is 0 Å². The predicted octanol–water partition coefficient (Wildman–Crippen LogP) is 1.19. The van der Waals surface area contributed by atoms with Gasteiger partial charge in [-0.1, -0.05) is 6.92 Å². The second-order valence-corrected chi connectivity index (χ2v) is 6.76. The van der Waals surface area contributed by atoms with Gasteiger partial charge in [0, 0.05) is 38.8 Å². The smallest absolute Gasteiger partial charge is 0.258 e. The Hall–Kier alpha value is -1.79. The molecule has 0 aromatic heterocycles. The molecule has 6 heteroatoms. The Balaban J connectivity index is 2.49. The lowest BCUT2D eigenvalue weighted by Crippen LogP contribution is -2.49. The molecule has 2 N–H and O–H groups in total. The van der Waals surface area contributed by atoms with E-state index in [4.69, 9.17) is 4.74 Å². The van der Waals surface area contributed by atoms with E-state index in [1.807, 2.05) is 51.2 Å². The van der Waals surface area contributed by atoms with Crippen LogP contribution in [0.15, 0.2) is 18.2 Å². The highest BCUT2D eigenvalue weighted by molar-refractivity contribution is 5.98. The standard InChI is InChI=1S/C18H29N3O3/c1-12-10-21(13(2)11-22)18(23)15-8-14(20(4)5)6-7-16(15)24-17(12)9-19-3/h6-8,12-13,17,19,22H,9-11H2,1-5H3/t12-,13+,17+/m0/s1. The number of rotatable bonds is 5. The van der Waals surface area contributed by atoms with Crippen LogP contribution in [0.1, 0.15) is 24.2 Å². The molecule has 1 aliphatic rings. The van der Waals surface area contributed by atoms with E-state index >= 15 is 0 Å². The molecule has 0 saturated carbocycles. The Kier molecular flexibility index (Phi) is 6.07. The summed E-state index contributed by atoms with van der Waals surface area (Å²) in [5.74, 6) is 0.662. The summed E-state index contributed by atoms with van der Waals surface area (Å²) in [6.07, 6.45) is -0.0413. The summed E-state index contributed by atoms with van der Waals surface area (Å²) in [5.41, 5.74) is 1.50. The largest absolute Gasteiger partial charge is 0.488 e. The molecule has 1 heterocycles. The molecule has 0 bridgehead atoms. The number of carbonyl (C=O) groups excluding carboxylic acids is 1. The number of hydrogen-bond donors (Lipinski definition) is 2. The van der Waals surface area contributed by atoms with Crippen molar-refractivity contribution in [1.29, 1.82) is 0 Å². The van der Waals surface area contributed by atoms with Crippen molar-refractivity contribution in [3.8, 4) is 5.75 Å². The molecule has 1 aliphatic heterocycles. The van der Waals surface area contributed by atoms with Crippen LogP contribution >= 0.6 is 0 Å². The highest BCUT2D eigenvalue weighted by Gasteiger charge is 2.32. The summed E-state index contributed by atoms with van der Waals surface area (Å²) in [6, 6.07) is 5.45. The lowest BCUT2D eigenvalue weighted by molar-refractivity contribution is 0.0416. The Morgan fingerprint density at radius 2 is 2.17 bits per heavy atom. The third-order valence-electron chi connectivity index (χ3n) is 4.57. The number of nitrogens with zero attached hydrogens (tertiary/aromatic N) is 2. The van der Waals surface area contributed by atoms with Gasteiger partial charge in [-0.2, -0.15) is 0 Å². The molecule has 1 amide bonds. The molecule has 2 rings (SSSR count). The van der Waals surface area contributed by atoms with Gasteiger partial charge in [-0.3, -0.25) is 4.79 Å². The number of nitrogens with one attached hydrogen (secondary N) is 1. The fraction of sp³-hybridized carbons (Fsp3) is 0.611. The van der Waals surface area contributed by atoms with Gasteiger partial charge in [0.15, 0.2) is 0 Å². The van der Waals surface area contributed by atoms with Gasteiger partial charge < -0.3 is 25.0 Å². The zero-order chi connectivity index (χ0) is 17.9. The lowest BCUT2D eigenvalue weighted by Gasteiger charge is -2.37. The summed E-state index contributed by atoms with van der Waals surface area (Å²) in [4.78, 5) is 16.8. The average Bonchev–Trinajstić information content (AvgIpc) is 2.56.